The third-order valence-electron chi connectivity index (χ3n) is 2.59. The molecule has 1 atom stereocenters. The van der Waals surface area contributed by atoms with E-state index in [1.54, 1.807) is 38.2 Å². The lowest BCUT2D eigenvalue weighted by molar-refractivity contribution is 0.194. The molecule has 0 aliphatic rings. The molecule has 1 aromatic carbocycles. The van der Waals surface area contributed by atoms with Gasteiger partial charge in [-0.05, 0) is 49.7 Å². The summed E-state index contributed by atoms with van der Waals surface area (Å²) in [7, 11) is 0. The Labute approximate surface area is 105 Å². The Balaban J connectivity index is 2.31. The molecular formula is C14H14FNO2. The highest BCUT2D eigenvalue weighted by Gasteiger charge is 2.11. The lowest BCUT2D eigenvalue weighted by Crippen LogP contribution is -1.98. The third-order valence-corrected chi connectivity index (χ3v) is 2.59. The molecular weight excluding hydrogens is 233 g/mol. The molecule has 4 heteroatoms. The topological polar surface area (TPSA) is 42.4 Å². The first-order valence-corrected chi connectivity index (χ1v) is 5.65. The molecule has 0 fully saturated rings. The second-order valence-corrected chi connectivity index (χ2v) is 4.09. The summed E-state index contributed by atoms with van der Waals surface area (Å²) in [4.78, 5) is 4.07. The summed E-state index contributed by atoms with van der Waals surface area (Å²) in [6, 6.07) is 7.93. The maximum atomic E-state index is 13.1. The zero-order valence-electron chi connectivity index (χ0n) is 10.2. The first kappa shape index (κ1) is 12.5. The van der Waals surface area contributed by atoms with Crippen molar-refractivity contribution in [1.29, 1.82) is 0 Å². The molecule has 94 valence electrons. The molecule has 2 aromatic rings. The number of halogens is 1. The Morgan fingerprint density at radius 2 is 2.11 bits per heavy atom. The van der Waals surface area contributed by atoms with Crippen molar-refractivity contribution in [3.05, 3.63) is 53.5 Å². The Kier molecular flexibility index (Phi) is 3.58. The fourth-order valence-electron chi connectivity index (χ4n) is 1.60. The number of benzene rings is 1. The summed E-state index contributed by atoms with van der Waals surface area (Å²) in [6.07, 6.45) is 0.910. The lowest BCUT2D eigenvalue weighted by Gasteiger charge is -2.12. The molecule has 0 radical (unpaired) electrons. The van der Waals surface area contributed by atoms with Gasteiger partial charge in [0.25, 0.3) is 0 Å². The zero-order chi connectivity index (χ0) is 13.1. The summed E-state index contributed by atoms with van der Waals surface area (Å²) >= 11 is 0. The van der Waals surface area contributed by atoms with E-state index in [0.717, 1.165) is 0 Å². The molecule has 0 bridgehead atoms. The minimum absolute atomic E-state index is 0.279. The van der Waals surface area contributed by atoms with Crippen molar-refractivity contribution >= 4 is 0 Å². The van der Waals surface area contributed by atoms with Crippen LogP contribution in [0.5, 0.6) is 11.6 Å². The van der Waals surface area contributed by atoms with Crippen LogP contribution in [-0.4, -0.2) is 10.1 Å². The Morgan fingerprint density at radius 1 is 1.33 bits per heavy atom. The summed E-state index contributed by atoms with van der Waals surface area (Å²) in [6.45, 7) is 3.30. The number of aliphatic hydroxyl groups excluding tert-OH is 1. The molecule has 18 heavy (non-hydrogen) atoms. The maximum absolute atomic E-state index is 13.1. The van der Waals surface area contributed by atoms with E-state index in [2.05, 4.69) is 4.98 Å². The van der Waals surface area contributed by atoms with E-state index in [4.69, 9.17) is 4.74 Å². The van der Waals surface area contributed by atoms with Gasteiger partial charge in [0.05, 0.1) is 6.10 Å². The highest BCUT2D eigenvalue weighted by molar-refractivity contribution is 5.35. The van der Waals surface area contributed by atoms with Crippen molar-refractivity contribution in [3.63, 3.8) is 0 Å². The van der Waals surface area contributed by atoms with Crippen molar-refractivity contribution in [2.24, 2.45) is 0 Å². The van der Waals surface area contributed by atoms with Crippen LogP contribution in [0.15, 0.2) is 36.5 Å². The highest BCUT2D eigenvalue weighted by Crippen LogP contribution is 2.27. The SMILES string of the molecule is Cc1cc(Oc2ncccc2[C@@H](C)O)ccc1F. The maximum Gasteiger partial charge on any atom is 0.225 e. The van der Waals surface area contributed by atoms with Gasteiger partial charge in [-0.1, -0.05) is 0 Å². The van der Waals surface area contributed by atoms with Crippen LogP contribution in [-0.2, 0) is 0 Å². The molecule has 0 spiro atoms. The van der Waals surface area contributed by atoms with Crippen molar-refractivity contribution in [1.82, 2.24) is 4.98 Å². The average molecular weight is 247 g/mol. The van der Waals surface area contributed by atoms with Gasteiger partial charge in [0.2, 0.25) is 5.88 Å². The number of ether oxygens (including phenoxy) is 1. The van der Waals surface area contributed by atoms with Crippen LogP contribution in [0.1, 0.15) is 24.2 Å². The first-order valence-electron chi connectivity index (χ1n) is 5.65. The van der Waals surface area contributed by atoms with E-state index in [0.29, 0.717) is 22.8 Å². The second kappa shape index (κ2) is 5.14. The van der Waals surface area contributed by atoms with Crippen LogP contribution in [0, 0.1) is 12.7 Å². The van der Waals surface area contributed by atoms with Crippen LogP contribution in [0.4, 0.5) is 4.39 Å². The van der Waals surface area contributed by atoms with Crippen LogP contribution in [0.25, 0.3) is 0 Å². The van der Waals surface area contributed by atoms with Crippen LogP contribution in [0.2, 0.25) is 0 Å². The van der Waals surface area contributed by atoms with Crippen LogP contribution < -0.4 is 4.74 Å². The van der Waals surface area contributed by atoms with Gasteiger partial charge in [-0.3, -0.25) is 0 Å². The smallest absolute Gasteiger partial charge is 0.225 e. The van der Waals surface area contributed by atoms with Crippen molar-refractivity contribution in [3.8, 4) is 11.6 Å². The lowest BCUT2D eigenvalue weighted by atomic mass is 10.2. The van der Waals surface area contributed by atoms with Gasteiger partial charge in [0, 0.05) is 11.8 Å². The summed E-state index contributed by atoms with van der Waals surface area (Å²) in [5.41, 5.74) is 1.10. The summed E-state index contributed by atoms with van der Waals surface area (Å²) in [5.74, 6) is 0.548. The van der Waals surface area contributed by atoms with Gasteiger partial charge in [-0.25, -0.2) is 9.37 Å². The van der Waals surface area contributed by atoms with E-state index in [-0.39, 0.29) is 5.82 Å². The van der Waals surface area contributed by atoms with Gasteiger partial charge in [0.1, 0.15) is 11.6 Å². The minimum atomic E-state index is -0.671. The largest absolute Gasteiger partial charge is 0.439 e. The number of aliphatic hydroxyl groups is 1. The minimum Gasteiger partial charge on any atom is -0.439 e. The Morgan fingerprint density at radius 3 is 2.78 bits per heavy atom. The van der Waals surface area contributed by atoms with E-state index in [9.17, 15) is 9.50 Å². The number of nitrogens with zero attached hydrogens (tertiary/aromatic N) is 1. The molecule has 0 aliphatic carbocycles. The normalized spacial score (nSPS) is 12.2. The fraction of sp³-hybridized carbons (Fsp3) is 0.214. The van der Waals surface area contributed by atoms with Crippen molar-refractivity contribution in [2.75, 3.05) is 0 Å². The molecule has 0 unspecified atom stereocenters. The van der Waals surface area contributed by atoms with E-state index >= 15 is 0 Å². The van der Waals surface area contributed by atoms with Gasteiger partial charge < -0.3 is 9.84 Å². The molecule has 0 saturated carbocycles. The van der Waals surface area contributed by atoms with Crippen molar-refractivity contribution < 1.29 is 14.2 Å². The quantitative estimate of drug-likeness (QED) is 0.904. The number of aromatic nitrogens is 1. The number of aryl methyl sites for hydroxylation is 1. The fourth-order valence-corrected chi connectivity index (χ4v) is 1.60. The molecule has 1 aromatic heterocycles. The molecule has 0 aliphatic heterocycles. The Hall–Kier alpha value is -1.94. The zero-order valence-corrected chi connectivity index (χ0v) is 10.2. The number of pyridine rings is 1. The van der Waals surface area contributed by atoms with Crippen LogP contribution >= 0.6 is 0 Å². The van der Waals surface area contributed by atoms with E-state index < -0.39 is 6.10 Å². The predicted molar refractivity (Wildman–Crippen MR) is 66.1 cm³/mol. The third kappa shape index (κ3) is 2.65. The second-order valence-electron chi connectivity index (χ2n) is 4.09. The van der Waals surface area contributed by atoms with Gasteiger partial charge in [-0.15, -0.1) is 0 Å². The van der Waals surface area contributed by atoms with Crippen LogP contribution in [0.3, 0.4) is 0 Å². The summed E-state index contributed by atoms with van der Waals surface area (Å²) < 4.78 is 18.7. The molecule has 0 amide bonds. The predicted octanol–water partition coefficient (Wildman–Crippen LogP) is 3.37. The average Bonchev–Trinajstić information content (AvgIpc) is 2.34. The standard InChI is InChI=1S/C14H14FNO2/c1-9-8-11(5-6-13(9)15)18-14-12(10(2)17)4-3-7-16-14/h3-8,10,17H,1-2H3/t10-/m1/s1. The van der Waals surface area contributed by atoms with Crippen molar-refractivity contribution in [2.45, 2.75) is 20.0 Å². The van der Waals surface area contributed by atoms with Gasteiger partial charge >= 0.3 is 0 Å². The molecule has 1 heterocycles. The number of rotatable bonds is 3. The van der Waals surface area contributed by atoms with Gasteiger partial charge in [-0.2, -0.15) is 0 Å². The van der Waals surface area contributed by atoms with E-state index in [1.165, 1.54) is 12.1 Å². The number of hydrogen-bond donors (Lipinski definition) is 1. The van der Waals surface area contributed by atoms with E-state index in [1.807, 2.05) is 0 Å². The Bertz CT molecular complexity index is 555. The first-order chi connectivity index (χ1) is 8.58. The highest BCUT2D eigenvalue weighted by atomic mass is 19.1. The number of hydrogen-bond acceptors (Lipinski definition) is 3. The molecule has 1 N–H and O–H groups in total. The summed E-state index contributed by atoms with van der Waals surface area (Å²) in [5, 5.41) is 9.60. The molecule has 3 nitrogen and oxygen atoms in total. The molecule has 2 rings (SSSR count). The monoisotopic (exact) mass is 247 g/mol. The molecule has 0 saturated heterocycles. The van der Waals surface area contributed by atoms with Gasteiger partial charge in [0.15, 0.2) is 0 Å².